The van der Waals surface area contributed by atoms with Crippen LogP contribution in [0, 0.1) is 11.3 Å². The molecule has 0 aromatic heterocycles. The Hall–Kier alpha value is -2.06. The normalized spacial score (nSPS) is 17.3. The number of nitrogens with one attached hydrogen (secondary N) is 1. The highest BCUT2D eigenvalue weighted by molar-refractivity contribution is 5.82. The molecule has 0 aliphatic heterocycles. The largest absolute Gasteiger partial charge is 0.391 e. The van der Waals surface area contributed by atoms with E-state index in [-0.39, 0.29) is 12.5 Å². The number of para-hydroxylation sites is 1. The second-order valence-electron chi connectivity index (χ2n) is 6.23. The molecule has 1 aromatic carbocycles. The minimum absolute atomic E-state index is 0.143. The number of hydrogen-bond acceptors (Lipinski definition) is 4. The zero-order chi connectivity index (χ0) is 16.7. The fourth-order valence-electron chi connectivity index (χ4n) is 3.01. The van der Waals surface area contributed by atoms with Crippen molar-refractivity contribution in [2.75, 3.05) is 18.0 Å². The third-order valence-corrected chi connectivity index (χ3v) is 4.41. The average Bonchev–Trinajstić information content (AvgIpc) is 3.03. The number of hydrogen-bond donors (Lipinski definition) is 2. The first-order valence-corrected chi connectivity index (χ1v) is 8.29. The third kappa shape index (κ3) is 4.70. The summed E-state index contributed by atoms with van der Waals surface area (Å²) in [6.07, 6.45) is 3.54. The summed E-state index contributed by atoms with van der Waals surface area (Å²) in [6, 6.07) is 11.9. The molecule has 0 bridgehead atoms. The summed E-state index contributed by atoms with van der Waals surface area (Å²) in [7, 11) is 0. The van der Waals surface area contributed by atoms with Gasteiger partial charge in [-0.3, -0.25) is 4.79 Å². The van der Waals surface area contributed by atoms with Crippen LogP contribution in [-0.4, -0.2) is 35.7 Å². The molecule has 0 radical (unpaired) electrons. The number of amides is 1. The minimum atomic E-state index is -0.706. The van der Waals surface area contributed by atoms with Crippen LogP contribution in [0.5, 0.6) is 0 Å². The molecule has 1 saturated carbocycles. The van der Waals surface area contributed by atoms with Crippen molar-refractivity contribution < 1.29 is 9.90 Å². The number of benzene rings is 1. The molecule has 0 heterocycles. The van der Waals surface area contributed by atoms with Gasteiger partial charge in [0.05, 0.1) is 18.7 Å². The van der Waals surface area contributed by atoms with Crippen LogP contribution in [0.25, 0.3) is 0 Å². The molecule has 1 atom stereocenters. The van der Waals surface area contributed by atoms with Gasteiger partial charge in [-0.05, 0) is 44.2 Å². The van der Waals surface area contributed by atoms with E-state index in [1.807, 2.05) is 42.2 Å². The number of anilines is 1. The Morgan fingerprint density at radius 1 is 1.39 bits per heavy atom. The van der Waals surface area contributed by atoms with E-state index in [1.54, 1.807) is 0 Å². The van der Waals surface area contributed by atoms with Crippen LogP contribution in [0.4, 0.5) is 5.69 Å². The molecule has 5 heteroatoms. The van der Waals surface area contributed by atoms with E-state index in [2.05, 4.69) is 11.4 Å². The second kappa shape index (κ2) is 7.98. The molecule has 1 amide bonds. The summed E-state index contributed by atoms with van der Waals surface area (Å²) in [5.74, 6) is -0.166. The summed E-state index contributed by atoms with van der Waals surface area (Å²) in [4.78, 5) is 14.3. The molecule has 124 valence electrons. The van der Waals surface area contributed by atoms with Crippen LogP contribution >= 0.6 is 0 Å². The predicted molar refractivity (Wildman–Crippen MR) is 89.9 cm³/mol. The lowest BCUT2D eigenvalue weighted by molar-refractivity contribution is -0.121. The van der Waals surface area contributed by atoms with Gasteiger partial charge in [0.2, 0.25) is 5.91 Å². The van der Waals surface area contributed by atoms with E-state index >= 15 is 0 Å². The van der Waals surface area contributed by atoms with Gasteiger partial charge in [0.1, 0.15) is 5.54 Å². The summed E-state index contributed by atoms with van der Waals surface area (Å²) in [6.45, 7) is 2.45. The molecule has 5 nitrogen and oxygen atoms in total. The van der Waals surface area contributed by atoms with Crippen LogP contribution in [0.1, 0.15) is 39.0 Å². The highest BCUT2D eigenvalue weighted by Gasteiger charge is 2.35. The molecule has 0 spiro atoms. The lowest BCUT2D eigenvalue weighted by atomic mass is 10.00. The van der Waals surface area contributed by atoms with Crippen molar-refractivity contribution in [2.24, 2.45) is 0 Å². The van der Waals surface area contributed by atoms with Gasteiger partial charge in [-0.25, -0.2) is 0 Å². The van der Waals surface area contributed by atoms with Gasteiger partial charge < -0.3 is 15.3 Å². The molecule has 0 unspecified atom stereocenters. The fraction of sp³-hybridized carbons (Fsp3) is 0.556. The van der Waals surface area contributed by atoms with Crippen LogP contribution in [0.2, 0.25) is 0 Å². The zero-order valence-electron chi connectivity index (χ0n) is 13.7. The van der Waals surface area contributed by atoms with E-state index in [1.165, 1.54) is 0 Å². The van der Waals surface area contributed by atoms with Crippen molar-refractivity contribution in [3.8, 4) is 6.07 Å². The first-order chi connectivity index (χ1) is 11.1. The summed E-state index contributed by atoms with van der Waals surface area (Å²) in [5.41, 5.74) is 0.190. The van der Waals surface area contributed by atoms with Gasteiger partial charge in [0, 0.05) is 12.2 Å². The van der Waals surface area contributed by atoms with E-state index in [0.717, 1.165) is 31.4 Å². The molecule has 1 aliphatic rings. The van der Waals surface area contributed by atoms with Crippen molar-refractivity contribution in [2.45, 2.75) is 50.7 Å². The minimum Gasteiger partial charge on any atom is -0.391 e. The van der Waals surface area contributed by atoms with E-state index in [4.69, 9.17) is 0 Å². The summed E-state index contributed by atoms with van der Waals surface area (Å²) in [5, 5.41) is 22.2. The molecule has 1 aromatic rings. The van der Waals surface area contributed by atoms with Gasteiger partial charge in [0.15, 0.2) is 0 Å². The van der Waals surface area contributed by atoms with Crippen LogP contribution in [-0.2, 0) is 4.79 Å². The highest BCUT2D eigenvalue weighted by atomic mass is 16.3. The number of aliphatic hydroxyl groups excluding tert-OH is 1. The Labute approximate surface area is 137 Å². The van der Waals surface area contributed by atoms with Gasteiger partial charge in [0.25, 0.3) is 0 Å². The second-order valence-corrected chi connectivity index (χ2v) is 6.23. The standard InChI is InChI=1S/C18H25N3O2/c1-2-16(22)12-21(15-8-4-3-5-9-15)13-17(23)20-18(14-19)10-6-7-11-18/h3-5,8-9,16,22H,2,6-7,10-13H2,1H3,(H,20,23)/t16-/m0/s1. The molecule has 23 heavy (non-hydrogen) atoms. The van der Waals surface area contributed by atoms with Crippen LogP contribution in [0.15, 0.2) is 30.3 Å². The lowest BCUT2D eigenvalue weighted by Crippen LogP contribution is -2.50. The van der Waals surface area contributed by atoms with Gasteiger partial charge in [-0.15, -0.1) is 0 Å². The Morgan fingerprint density at radius 2 is 2.04 bits per heavy atom. The molecule has 1 fully saturated rings. The van der Waals surface area contributed by atoms with Crippen molar-refractivity contribution in [1.29, 1.82) is 5.26 Å². The van der Waals surface area contributed by atoms with E-state index in [9.17, 15) is 15.2 Å². The molecular weight excluding hydrogens is 290 g/mol. The summed E-state index contributed by atoms with van der Waals surface area (Å²) >= 11 is 0. The van der Waals surface area contributed by atoms with Crippen LogP contribution < -0.4 is 10.2 Å². The monoisotopic (exact) mass is 315 g/mol. The smallest absolute Gasteiger partial charge is 0.240 e. The Bertz CT molecular complexity index is 547. The number of carbonyl (C=O) groups is 1. The van der Waals surface area contributed by atoms with Gasteiger partial charge >= 0.3 is 0 Å². The first kappa shape index (κ1) is 17.3. The molecule has 1 aliphatic carbocycles. The number of carbonyl (C=O) groups excluding carboxylic acids is 1. The Morgan fingerprint density at radius 3 is 2.61 bits per heavy atom. The molecular formula is C18H25N3O2. The average molecular weight is 315 g/mol. The van der Waals surface area contributed by atoms with Crippen molar-refractivity contribution >= 4 is 11.6 Å². The third-order valence-electron chi connectivity index (χ3n) is 4.41. The SMILES string of the molecule is CC[C@H](O)CN(CC(=O)NC1(C#N)CCCC1)c1ccccc1. The maximum Gasteiger partial charge on any atom is 0.240 e. The van der Waals surface area contributed by atoms with Gasteiger partial charge in [-0.1, -0.05) is 25.1 Å². The maximum absolute atomic E-state index is 12.4. The van der Waals surface area contributed by atoms with Crippen molar-refractivity contribution in [3.05, 3.63) is 30.3 Å². The predicted octanol–water partition coefficient (Wildman–Crippen LogP) is 2.22. The molecule has 0 saturated heterocycles. The number of nitrogens with zero attached hydrogens (tertiary/aromatic N) is 2. The van der Waals surface area contributed by atoms with Crippen molar-refractivity contribution in [1.82, 2.24) is 5.32 Å². The van der Waals surface area contributed by atoms with Crippen molar-refractivity contribution in [3.63, 3.8) is 0 Å². The zero-order valence-corrected chi connectivity index (χ0v) is 13.7. The number of rotatable bonds is 7. The lowest BCUT2D eigenvalue weighted by Gasteiger charge is -2.29. The van der Waals surface area contributed by atoms with E-state index in [0.29, 0.717) is 13.0 Å². The number of nitriles is 1. The Balaban J connectivity index is 2.05. The van der Waals surface area contributed by atoms with Crippen LogP contribution in [0.3, 0.4) is 0 Å². The summed E-state index contributed by atoms with van der Waals surface area (Å²) < 4.78 is 0. The highest BCUT2D eigenvalue weighted by Crippen LogP contribution is 2.28. The quantitative estimate of drug-likeness (QED) is 0.809. The molecule has 2 rings (SSSR count). The number of aliphatic hydroxyl groups is 1. The first-order valence-electron chi connectivity index (χ1n) is 8.29. The maximum atomic E-state index is 12.4. The molecule has 2 N–H and O–H groups in total. The fourth-order valence-corrected chi connectivity index (χ4v) is 3.01. The van der Waals surface area contributed by atoms with Gasteiger partial charge in [-0.2, -0.15) is 5.26 Å². The topological polar surface area (TPSA) is 76.4 Å². The Kier molecular flexibility index (Phi) is 6.00. The van der Waals surface area contributed by atoms with E-state index < -0.39 is 11.6 Å².